The van der Waals surface area contributed by atoms with Gasteiger partial charge in [0.25, 0.3) is 0 Å². The van der Waals surface area contributed by atoms with E-state index in [4.69, 9.17) is 0 Å². The molecule has 0 bridgehead atoms. The van der Waals surface area contributed by atoms with Crippen molar-refractivity contribution in [3.63, 3.8) is 0 Å². The van der Waals surface area contributed by atoms with Gasteiger partial charge in [-0.1, -0.05) is 0 Å². The van der Waals surface area contributed by atoms with E-state index in [0.29, 0.717) is 5.92 Å². The van der Waals surface area contributed by atoms with E-state index < -0.39 is 0 Å². The first kappa shape index (κ1) is 11.8. The number of benzene rings is 2. The van der Waals surface area contributed by atoms with Crippen molar-refractivity contribution in [3.8, 4) is 0 Å². The van der Waals surface area contributed by atoms with Gasteiger partial charge in [-0.05, 0) is 0 Å². The van der Waals surface area contributed by atoms with Gasteiger partial charge in [0.2, 0.25) is 0 Å². The molecule has 0 saturated carbocycles. The predicted molar refractivity (Wildman–Crippen MR) is 77.8 cm³/mol. The van der Waals surface area contributed by atoms with Crippen molar-refractivity contribution in [2.45, 2.75) is 16.9 Å². The van der Waals surface area contributed by atoms with Crippen molar-refractivity contribution in [2.75, 3.05) is 0 Å². The van der Waals surface area contributed by atoms with Crippen molar-refractivity contribution in [2.24, 2.45) is 0 Å². The van der Waals surface area contributed by atoms with Crippen molar-refractivity contribution in [1.29, 1.82) is 0 Å². The van der Waals surface area contributed by atoms with Gasteiger partial charge < -0.3 is 0 Å². The van der Waals surface area contributed by atoms with Crippen LogP contribution < -0.4 is 0 Å². The molecule has 0 fully saturated rings. The van der Waals surface area contributed by atoms with Gasteiger partial charge in [-0.25, -0.2) is 0 Å². The van der Waals surface area contributed by atoms with Crippen LogP contribution in [0.25, 0.3) is 6.08 Å². The first-order valence-electron chi connectivity index (χ1n) is 6.55. The van der Waals surface area contributed by atoms with Crippen LogP contribution >= 0.6 is 0 Å². The van der Waals surface area contributed by atoms with Gasteiger partial charge in [0, 0.05) is 0 Å². The number of hydrogen-bond acceptors (Lipinski definition) is 0. The van der Waals surface area contributed by atoms with E-state index in [1.807, 2.05) is 0 Å². The van der Waals surface area contributed by atoms with E-state index in [0.717, 1.165) is 0 Å². The van der Waals surface area contributed by atoms with Crippen LogP contribution in [0.1, 0.15) is 29.5 Å². The molecule has 1 heteroatoms. The predicted octanol–water partition coefficient (Wildman–Crippen LogP) is 3.88. The minimum absolute atomic E-state index is 0.109. The Morgan fingerprint density at radius 1 is 0.944 bits per heavy atom. The molecule has 0 aliphatic heterocycles. The summed E-state index contributed by atoms with van der Waals surface area (Å²) in [5.74, 6) is 0.485. The van der Waals surface area contributed by atoms with Crippen LogP contribution in [0.15, 0.2) is 60.7 Å². The van der Waals surface area contributed by atoms with Gasteiger partial charge in [-0.15, -0.1) is 0 Å². The molecule has 0 saturated heterocycles. The summed E-state index contributed by atoms with van der Waals surface area (Å²) in [6, 6.07) is 19.5. The Morgan fingerprint density at radius 2 is 1.61 bits per heavy atom. The summed E-state index contributed by atoms with van der Waals surface area (Å²) in [5, 5.41) is 0. The number of fused-ring (bicyclic) bond motifs is 1. The van der Waals surface area contributed by atoms with E-state index in [1.165, 1.54) is 16.7 Å². The Hall–Kier alpha value is -1.22. The molecule has 2 atom stereocenters. The molecule has 18 heavy (non-hydrogen) atoms. The molecule has 0 radical (unpaired) electrons. The third-order valence-corrected chi connectivity index (χ3v) is 4.35. The van der Waals surface area contributed by atoms with Crippen molar-refractivity contribution < 1.29 is 0 Å². The monoisotopic (exact) mass is 226 g/mol. The van der Waals surface area contributed by atoms with E-state index >= 15 is 0 Å². The average molecular weight is 226 g/mol. The Balaban J connectivity index is 2.05. The minimum atomic E-state index is 0.109. The van der Waals surface area contributed by atoms with Crippen LogP contribution in [0, 0.1) is 0 Å². The van der Waals surface area contributed by atoms with Gasteiger partial charge in [-0.3, -0.25) is 0 Å². The molecule has 0 aromatic heterocycles. The molecule has 3 rings (SSSR count). The van der Waals surface area contributed by atoms with Crippen LogP contribution in [-0.4, -0.2) is 17.7 Å². The van der Waals surface area contributed by atoms with Crippen LogP contribution in [0.5, 0.6) is 0 Å². The second-order valence-corrected chi connectivity index (χ2v) is 5.34. The Labute approximate surface area is 118 Å². The zero-order chi connectivity index (χ0) is 12.6. The zero-order valence-electron chi connectivity index (χ0n) is 10.9. The molecule has 0 heterocycles. The second kappa shape index (κ2) is 4.47. The summed E-state index contributed by atoms with van der Waals surface area (Å²) in [4.78, 5) is 0. The Bertz CT molecular complexity index is 586. The van der Waals surface area contributed by atoms with Crippen LogP contribution in [-0.2, 0) is 4.09 Å². The normalized spacial score (nSPS) is 22.8. The number of rotatable bonds is 2. The second-order valence-electron chi connectivity index (χ2n) is 5.34. The van der Waals surface area contributed by atoms with E-state index in [-0.39, 0.29) is 4.09 Å². The SMILES string of the molecule is [Li][C]1(C(C)c2ccccc2)C=Cc2ccccc21. The quantitative estimate of drug-likeness (QED) is 0.682. The average Bonchev–Trinajstić information content (AvgIpc) is 2.78. The fraction of sp³-hybridized carbons (Fsp3) is 0.176. The molecule has 1 aliphatic rings. The third-order valence-electron chi connectivity index (χ3n) is 4.35. The number of hydrogen-bond donors (Lipinski definition) is 0. The molecule has 0 amide bonds. The first-order valence-corrected chi connectivity index (χ1v) is 6.55. The maximum absolute atomic E-state index is 2.36. The first-order chi connectivity index (χ1) is 8.72. The topological polar surface area (TPSA) is 0 Å². The van der Waals surface area contributed by atoms with Crippen LogP contribution in [0.4, 0.5) is 0 Å². The molecule has 2 aromatic rings. The van der Waals surface area contributed by atoms with Gasteiger partial charge in [-0.2, -0.15) is 0 Å². The molecular weight excluding hydrogens is 211 g/mol. The van der Waals surface area contributed by atoms with Gasteiger partial charge in [0.15, 0.2) is 0 Å². The van der Waals surface area contributed by atoms with Gasteiger partial charge in [0.05, 0.1) is 0 Å². The standard InChI is InChI=1S/C17H15.Li/c1-13(14-7-3-2-4-8-14)16-12-11-15-9-5-6-10-17(15)16;/h2-13H,1H3;. The van der Waals surface area contributed by atoms with Crippen LogP contribution in [0.2, 0.25) is 0 Å². The maximum atomic E-state index is 2.36. The summed E-state index contributed by atoms with van der Waals surface area (Å²) in [7, 11) is 0. The molecule has 2 aromatic carbocycles. The molecule has 84 valence electrons. The molecule has 2 unspecified atom stereocenters. The fourth-order valence-electron chi connectivity index (χ4n) is 2.95. The molecule has 1 aliphatic carbocycles. The van der Waals surface area contributed by atoms with Gasteiger partial charge in [0.1, 0.15) is 0 Å². The van der Waals surface area contributed by atoms with Crippen LogP contribution in [0.3, 0.4) is 0 Å². The Morgan fingerprint density at radius 3 is 2.39 bits per heavy atom. The summed E-state index contributed by atoms with van der Waals surface area (Å²) in [6.07, 6.45) is 4.62. The van der Waals surface area contributed by atoms with Gasteiger partial charge >= 0.3 is 118 Å². The van der Waals surface area contributed by atoms with E-state index in [1.54, 1.807) is 0 Å². The Kier molecular flexibility index (Phi) is 2.94. The van der Waals surface area contributed by atoms with E-state index in [9.17, 15) is 0 Å². The zero-order valence-corrected chi connectivity index (χ0v) is 10.9. The summed E-state index contributed by atoms with van der Waals surface area (Å²) in [5.41, 5.74) is 4.21. The van der Waals surface area contributed by atoms with Crippen molar-refractivity contribution in [1.82, 2.24) is 0 Å². The molecule has 0 nitrogen and oxygen atoms in total. The summed E-state index contributed by atoms with van der Waals surface area (Å²) >= 11 is 2.34. The van der Waals surface area contributed by atoms with Crippen molar-refractivity contribution in [3.05, 3.63) is 77.4 Å². The third kappa shape index (κ3) is 1.77. The summed E-state index contributed by atoms with van der Waals surface area (Å²) in [6.45, 7) is 2.32. The van der Waals surface area contributed by atoms with Crippen molar-refractivity contribution >= 4 is 23.8 Å². The fourth-order valence-corrected chi connectivity index (χ4v) is 2.95. The van der Waals surface area contributed by atoms with E-state index in [2.05, 4.69) is 91.4 Å². The molecule has 0 spiro atoms. The molecule has 0 N–H and O–H groups in total. The molecular formula is C17H15Li. The summed E-state index contributed by atoms with van der Waals surface area (Å²) < 4.78 is 0.109. The number of allylic oxidation sites excluding steroid dienone is 1.